The second-order valence-corrected chi connectivity index (χ2v) is 7.22. The van der Waals surface area contributed by atoms with Gasteiger partial charge in [0.25, 0.3) is 0 Å². The van der Waals surface area contributed by atoms with Crippen molar-refractivity contribution in [1.82, 2.24) is 4.31 Å². The van der Waals surface area contributed by atoms with Crippen LogP contribution in [0.4, 0.5) is 10.1 Å². The molecule has 1 aromatic carbocycles. The van der Waals surface area contributed by atoms with E-state index in [0.717, 1.165) is 31.4 Å². The second-order valence-electron chi connectivity index (χ2n) is 4.91. The van der Waals surface area contributed by atoms with E-state index in [0.29, 0.717) is 13.1 Å². The number of nitrogens with zero attached hydrogens (tertiary/aromatic N) is 1. The number of sulfonamides is 1. The standard InChI is InChI=1S/C13H16ClFN2O3S/c1-9(18)16-12-8-11(15)13(7-10(12)14)21(19,20)17-5-3-2-4-6-17/h7-8H,2-6H2,1H3,(H,16,18). The zero-order valence-electron chi connectivity index (χ0n) is 11.5. The smallest absolute Gasteiger partial charge is 0.246 e. The van der Waals surface area contributed by atoms with Gasteiger partial charge in [-0.1, -0.05) is 18.0 Å². The number of carbonyl (C=O) groups excluding carboxylic acids is 1. The lowest BCUT2D eigenvalue weighted by atomic mass is 10.2. The normalized spacial score (nSPS) is 16.7. The molecule has 1 aliphatic heterocycles. The third-order valence-corrected chi connectivity index (χ3v) is 5.49. The molecule has 1 heterocycles. The summed E-state index contributed by atoms with van der Waals surface area (Å²) in [6.45, 7) is 2.02. The fourth-order valence-electron chi connectivity index (χ4n) is 2.26. The van der Waals surface area contributed by atoms with Gasteiger partial charge in [0.2, 0.25) is 15.9 Å². The number of halogens is 2. The second kappa shape index (κ2) is 6.29. The minimum atomic E-state index is -3.90. The first-order valence-corrected chi connectivity index (χ1v) is 8.41. The number of rotatable bonds is 3. The average Bonchev–Trinajstić information content (AvgIpc) is 2.42. The number of anilines is 1. The van der Waals surface area contributed by atoms with Crippen LogP contribution in [0, 0.1) is 5.82 Å². The summed E-state index contributed by atoms with van der Waals surface area (Å²) in [6, 6.07) is 1.98. The molecule has 0 saturated carbocycles. The van der Waals surface area contributed by atoms with Gasteiger partial charge in [0.15, 0.2) is 0 Å². The Balaban J connectivity index is 2.39. The highest BCUT2D eigenvalue weighted by Crippen LogP contribution is 2.30. The Hall–Kier alpha value is -1.18. The van der Waals surface area contributed by atoms with Crippen molar-refractivity contribution >= 4 is 33.2 Å². The van der Waals surface area contributed by atoms with Crippen LogP contribution in [-0.2, 0) is 14.8 Å². The van der Waals surface area contributed by atoms with Crippen LogP contribution < -0.4 is 5.32 Å². The van der Waals surface area contributed by atoms with Crippen LogP contribution in [0.3, 0.4) is 0 Å². The third kappa shape index (κ3) is 3.53. The van der Waals surface area contributed by atoms with E-state index in [9.17, 15) is 17.6 Å². The molecule has 0 bridgehead atoms. The Labute approximate surface area is 128 Å². The van der Waals surface area contributed by atoms with Crippen LogP contribution in [0.15, 0.2) is 17.0 Å². The van der Waals surface area contributed by atoms with E-state index in [1.165, 1.54) is 11.2 Å². The molecule has 0 spiro atoms. The number of carbonyl (C=O) groups is 1. The number of benzene rings is 1. The molecule has 0 aliphatic carbocycles. The summed E-state index contributed by atoms with van der Waals surface area (Å²) in [5.74, 6) is -1.34. The zero-order chi connectivity index (χ0) is 15.6. The van der Waals surface area contributed by atoms with Gasteiger partial charge >= 0.3 is 0 Å². The summed E-state index contributed by atoms with van der Waals surface area (Å²) in [5, 5.41) is 2.34. The highest BCUT2D eigenvalue weighted by molar-refractivity contribution is 7.89. The van der Waals surface area contributed by atoms with Crippen molar-refractivity contribution in [3.05, 3.63) is 23.0 Å². The summed E-state index contributed by atoms with van der Waals surface area (Å²) in [4.78, 5) is 10.5. The first-order valence-electron chi connectivity index (χ1n) is 6.59. The molecule has 1 aliphatic rings. The number of nitrogens with one attached hydrogen (secondary N) is 1. The summed E-state index contributed by atoms with van der Waals surface area (Å²) < 4.78 is 40.2. The lowest BCUT2D eigenvalue weighted by Gasteiger charge is -2.26. The van der Waals surface area contributed by atoms with Crippen LogP contribution in [-0.4, -0.2) is 31.7 Å². The molecule has 1 N–H and O–H groups in total. The van der Waals surface area contributed by atoms with Crippen LogP contribution in [0.25, 0.3) is 0 Å². The monoisotopic (exact) mass is 334 g/mol. The lowest BCUT2D eigenvalue weighted by molar-refractivity contribution is -0.114. The Morgan fingerprint density at radius 2 is 1.90 bits per heavy atom. The molecule has 1 fully saturated rings. The molecule has 2 rings (SSSR count). The van der Waals surface area contributed by atoms with Gasteiger partial charge in [0.05, 0.1) is 10.7 Å². The van der Waals surface area contributed by atoms with Gasteiger partial charge in [0.1, 0.15) is 10.7 Å². The van der Waals surface area contributed by atoms with Crippen molar-refractivity contribution < 1.29 is 17.6 Å². The molecular weight excluding hydrogens is 319 g/mol. The van der Waals surface area contributed by atoms with Crippen LogP contribution in [0.1, 0.15) is 26.2 Å². The number of hydrogen-bond donors (Lipinski definition) is 1. The highest BCUT2D eigenvalue weighted by Gasteiger charge is 2.29. The Kier molecular flexibility index (Phi) is 4.85. The predicted octanol–water partition coefficient (Wildman–Crippen LogP) is 2.61. The Morgan fingerprint density at radius 1 is 1.29 bits per heavy atom. The SMILES string of the molecule is CC(=O)Nc1cc(F)c(S(=O)(=O)N2CCCCC2)cc1Cl. The maximum absolute atomic E-state index is 14.1. The lowest BCUT2D eigenvalue weighted by Crippen LogP contribution is -2.36. The first kappa shape index (κ1) is 16.2. The van der Waals surface area contributed by atoms with Crippen molar-refractivity contribution in [2.24, 2.45) is 0 Å². The topological polar surface area (TPSA) is 66.5 Å². The maximum atomic E-state index is 14.1. The molecule has 116 valence electrons. The summed E-state index contributed by atoms with van der Waals surface area (Å²) in [5.41, 5.74) is 0.0549. The predicted molar refractivity (Wildman–Crippen MR) is 78.3 cm³/mol. The Bertz CT molecular complexity index is 658. The van der Waals surface area contributed by atoms with Gasteiger partial charge in [-0.05, 0) is 18.9 Å². The fraction of sp³-hybridized carbons (Fsp3) is 0.462. The van der Waals surface area contributed by atoms with E-state index in [2.05, 4.69) is 5.32 Å². The van der Waals surface area contributed by atoms with Crippen LogP contribution >= 0.6 is 11.6 Å². The van der Waals surface area contributed by atoms with Gasteiger partial charge in [-0.25, -0.2) is 12.8 Å². The molecule has 5 nitrogen and oxygen atoms in total. The molecular formula is C13H16ClFN2O3S. The van der Waals surface area contributed by atoms with E-state index in [1.807, 2.05) is 0 Å². The molecule has 1 aromatic rings. The molecule has 1 saturated heterocycles. The molecule has 8 heteroatoms. The van der Waals surface area contributed by atoms with E-state index in [-0.39, 0.29) is 10.7 Å². The van der Waals surface area contributed by atoms with E-state index in [4.69, 9.17) is 11.6 Å². The van der Waals surface area contributed by atoms with Gasteiger partial charge < -0.3 is 5.32 Å². The first-order chi connectivity index (χ1) is 9.82. The molecule has 21 heavy (non-hydrogen) atoms. The zero-order valence-corrected chi connectivity index (χ0v) is 13.1. The van der Waals surface area contributed by atoms with Crippen molar-refractivity contribution in [2.75, 3.05) is 18.4 Å². The quantitative estimate of drug-likeness (QED) is 0.924. The number of hydrogen-bond acceptors (Lipinski definition) is 3. The molecule has 0 radical (unpaired) electrons. The molecule has 1 amide bonds. The highest BCUT2D eigenvalue weighted by atomic mass is 35.5. The maximum Gasteiger partial charge on any atom is 0.246 e. The number of amides is 1. The van der Waals surface area contributed by atoms with Gasteiger partial charge in [-0.15, -0.1) is 0 Å². The van der Waals surface area contributed by atoms with Crippen molar-refractivity contribution in [3.8, 4) is 0 Å². The molecule has 0 atom stereocenters. The van der Waals surface area contributed by atoms with E-state index < -0.39 is 26.6 Å². The van der Waals surface area contributed by atoms with Crippen molar-refractivity contribution in [1.29, 1.82) is 0 Å². The van der Waals surface area contributed by atoms with E-state index in [1.54, 1.807) is 0 Å². The largest absolute Gasteiger partial charge is 0.325 e. The van der Waals surface area contributed by atoms with Crippen molar-refractivity contribution in [3.63, 3.8) is 0 Å². The Morgan fingerprint density at radius 3 is 2.48 bits per heavy atom. The third-order valence-electron chi connectivity index (χ3n) is 3.27. The van der Waals surface area contributed by atoms with Gasteiger partial charge in [-0.3, -0.25) is 4.79 Å². The minimum Gasteiger partial charge on any atom is -0.325 e. The van der Waals surface area contributed by atoms with E-state index >= 15 is 0 Å². The van der Waals surface area contributed by atoms with Gasteiger partial charge in [0, 0.05) is 26.1 Å². The van der Waals surface area contributed by atoms with Crippen LogP contribution in [0.5, 0.6) is 0 Å². The van der Waals surface area contributed by atoms with Crippen molar-refractivity contribution in [2.45, 2.75) is 31.1 Å². The number of piperidine rings is 1. The summed E-state index contributed by atoms with van der Waals surface area (Å²) in [7, 11) is -3.90. The average molecular weight is 335 g/mol. The molecule has 0 unspecified atom stereocenters. The minimum absolute atomic E-state index is 0.0119. The molecule has 0 aromatic heterocycles. The van der Waals surface area contributed by atoms with Crippen LogP contribution in [0.2, 0.25) is 5.02 Å². The van der Waals surface area contributed by atoms with Gasteiger partial charge in [-0.2, -0.15) is 4.31 Å². The summed E-state index contributed by atoms with van der Waals surface area (Å²) >= 11 is 5.93. The fourth-order valence-corrected chi connectivity index (χ4v) is 4.12. The summed E-state index contributed by atoms with van der Waals surface area (Å²) in [6.07, 6.45) is 2.49.